The number of thiophene rings is 1. The van der Waals surface area contributed by atoms with Crippen LogP contribution < -0.4 is 10.6 Å². The molecule has 5 heteroatoms. The highest BCUT2D eigenvalue weighted by molar-refractivity contribution is 7.09. The first kappa shape index (κ1) is 18.9. The van der Waals surface area contributed by atoms with Crippen LogP contribution in [-0.4, -0.2) is 50.6 Å². The minimum absolute atomic E-state index is 0.710. The summed E-state index contributed by atoms with van der Waals surface area (Å²) in [6.07, 6.45) is 3.47. The van der Waals surface area contributed by atoms with Crippen LogP contribution in [0.2, 0.25) is 0 Å². The number of aliphatic imine (C=N–C) groups is 1. The first-order valence-corrected chi connectivity index (χ1v) is 10.4. The molecule has 0 spiro atoms. The molecule has 0 saturated carbocycles. The van der Waals surface area contributed by atoms with Crippen LogP contribution >= 0.6 is 11.3 Å². The first-order valence-electron chi connectivity index (χ1n) is 9.56. The highest BCUT2D eigenvalue weighted by Crippen LogP contribution is 2.16. The second kappa shape index (κ2) is 10.3. The Balaban J connectivity index is 1.31. The van der Waals surface area contributed by atoms with E-state index in [1.807, 2.05) is 18.4 Å². The van der Waals surface area contributed by atoms with Gasteiger partial charge in [-0.25, -0.2) is 0 Å². The van der Waals surface area contributed by atoms with Crippen LogP contribution in [0.5, 0.6) is 0 Å². The van der Waals surface area contributed by atoms with Gasteiger partial charge < -0.3 is 15.5 Å². The molecular formula is C21H30N4S. The topological polar surface area (TPSA) is 39.7 Å². The van der Waals surface area contributed by atoms with Crippen LogP contribution in [0.1, 0.15) is 16.9 Å². The Morgan fingerprint density at radius 3 is 2.81 bits per heavy atom. The smallest absolute Gasteiger partial charge is 0.190 e. The summed E-state index contributed by atoms with van der Waals surface area (Å²) in [6.45, 7) is 5.48. The van der Waals surface area contributed by atoms with Gasteiger partial charge in [-0.05, 0) is 48.7 Å². The standard InChI is InChI=1S/C21H30N4S/c1-22-21(23-12-9-20-8-5-15-26-20)24-16-19-11-14-25(17-19)13-10-18-6-3-2-4-7-18/h2-8,15,19H,9-14,16-17H2,1H3,(H2,22,23,24). The maximum absolute atomic E-state index is 4.35. The third kappa shape index (κ3) is 6.15. The van der Waals surface area contributed by atoms with Gasteiger partial charge in [0.05, 0.1) is 0 Å². The summed E-state index contributed by atoms with van der Waals surface area (Å²) in [7, 11) is 1.85. The molecule has 2 N–H and O–H groups in total. The number of nitrogens with one attached hydrogen (secondary N) is 2. The van der Waals surface area contributed by atoms with E-state index >= 15 is 0 Å². The fraction of sp³-hybridized carbons (Fsp3) is 0.476. The SMILES string of the molecule is CN=C(NCCc1cccs1)NCC1CCN(CCc2ccccc2)C1. The molecule has 1 saturated heterocycles. The van der Waals surface area contributed by atoms with Gasteiger partial charge in [0.15, 0.2) is 5.96 Å². The Labute approximate surface area is 161 Å². The van der Waals surface area contributed by atoms with E-state index in [2.05, 4.69) is 68.4 Å². The Morgan fingerprint density at radius 2 is 2.04 bits per heavy atom. The summed E-state index contributed by atoms with van der Waals surface area (Å²) in [5, 5.41) is 9.05. The predicted octanol–water partition coefficient (Wildman–Crippen LogP) is 3.02. The zero-order valence-corrected chi connectivity index (χ0v) is 16.5. The molecule has 1 aliphatic rings. The van der Waals surface area contributed by atoms with Crippen molar-refractivity contribution in [3.63, 3.8) is 0 Å². The fourth-order valence-corrected chi connectivity index (χ4v) is 4.14. The molecule has 1 atom stereocenters. The molecule has 26 heavy (non-hydrogen) atoms. The zero-order valence-electron chi connectivity index (χ0n) is 15.7. The van der Waals surface area contributed by atoms with E-state index in [0.717, 1.165) is 38.4 Å². The maximum Gasteiger partial charge on any atom is 0.190 e. The third-order valence-corrected chi connectivity index (χ3v) is 5.89. The molecule has 1 fully saturated rings. The molecule has 0 radical (unpaired) electrons. The first-order chi connectivity index (χ1) is 12.8. The lowest BCUT2D eigenvalue weighted by Gasteiger charge is -2.17. The van der Waals surface area contributed by atoms with Gasteiger partial charge in [0, 0.05) is 38.1 Å². The summed E-state index contributed by atoms with van der Waals surface area (Å²) in [5.41, 5.74) is 1.43. The van der Waals surface area contributed by atoms with Crippen molar-refractivity contribution in [2.75, 3.05) is 39.8 Å². The third-order valence-electron chi connectivity index (χ3n) is 4.96. The van der Waals surface area contributed by atoms with Crippen LogP contribution in [0.3, 0.4) is 0 Å². The predicted molar refractivity (Wildman–Crippen MR) is 112 cm³/mol. The van der Waals surface area contributed by atoms with Crippen LogP contribution in [0.4, 0.5) is 0 Å². The largest absolute Gasteiger partial charge is 0.356 e. The van der Waals surface area contributed by atoms with Gasteiger partial charge in [-0.1, -0.05) is 36.4 Å². The van der Waals surface area contributed by atoms with E-state index < -0.39 is 0 Å². The second-order valence-electron chi connectivity index (χ2n) is 6.90. The number of rotatable bonds is 8. The summed E-state index contributed by atoms with van der Waals surface area (Å²) >= 11 is 1.81. The van der Waals surface area contributed by atoms with E-state index in [0.29, 0.717) is 5.92 Å². The normalized spacial score (nSPS) is 18.2. The summed E-state index contributed by atoms with van der Waals surface area (Å²) in [4.78, 5) is 8.35. The van der Waals surface area contributed by atoms with Gasteiger partial charge in [0.25, 0.3) is 0 Å². The van der Waals surface area contributed by atoms with E-state index in [1.165, 1.54) is 30.0 Å². The molecule has 1 aliphatic heterocycles. The molecule has 2 heterocycles. The zero-order chi connectivity index (χ0) is 18.0. The number of likely N-dealkylation sites (tertiary alicyclic amines) is 1. The van der Waals surface area contributed by atoms with Gasteiger partial charge in [0.2, 0.25) is 0 Å². The lowest BCUT2D eigenvalue weighted by molar-refractivity contribution is 0.328. The highest BCUT2D eigenvalue weighted by Gasteiger charge is 2.22. The quantitative estimate of drug-likeness (QED) is 0.554. The van der Waals surface area contributed by atoms with Gasteiger partial charge in [0.1, 0.15) is 0 Å². The van der Waals surface area contributed by atoms with Gasteiger partial charge in [-0.3, -0.25) is 4.99 Å². The van der Waals surface area contributed by atoms with Crippen molar-refractivity contribution in [1.82, 2.24) is 15.5 Å². The fourth-order valence-electron chi connectivity index (χ4n) is 3.44. The van der Waals surface area contributed by atoms with E-state index in [4.69, 9.17) is 0 Å². The maximum atomic E-state index is 4.35. The van der Waals surface area contributed by atoms with Crippen molar-refractivity contribution < 1.29 is 0 Å². The Morgan fingerprint density at radius 1 is 1.15 bits per heavy atom. The summed E-state index contributed by atoms with van der Waals surface area (Å²) < 4.78 is 0. The van der Waals surface area contributed by atoms with Crippen LogP contribution in [0.25, 0.3) is 0 Å². The van der Waals surface area contributed by atoms with Crippen molar-refractivity contribution in [1.29, 1.82) is 0 Å². The number of guanidine groups is 1. The highest BCUT2D eigenvalue weighted by atomic mass is 32.1. The lowest BCUT2D eigenvalue weighted by Crippen LogP contribution is -2.41. The van der Waals surface area contributed by atoms with Crippen LogP contribution in [0.15, 0.2) is 52.8 Å². The van der Waals surface area contributed by atoms with Crippen LogP contribution in [0, 0.1) is 5.92 Å². The summed E-state index contributed by atoms with van der Waals surface area (Å²) in [5.74, 6) is 1.63. The molecule has 140 valence electrons. The van der Waals surface area contributed by atoms with E-state index in [9.17, 15) is 0 Å². The molecular weight excluding hydrogens is 340 g/mol. The van der Waals surface area contributed by atoms with Crippen molar-refractivity contribution in [3.05, 3.63) is 58.3 Å². The van der Waals surface area contributed by atoms with Gasteiger partial charge >= 0.3 is 0 Å². The van der Waals surface area contributed by atoms with E-state index in [1.54, 1.807) is 0 Å². The number of hydrogen-bond acceptors (Lipinski definition) is 3. The molecule has 3 rings (SSSR count). The molecule has 0 aliphatic carbocycles. The molecule has 4 nitrogen and oxygen atoms in total. The Kier molecular flexibility index (Phi) is 7.52. The van der Waals surface area contributed by atoms with Crippen molar-refractivity contribution in [3.8, 4) is 0 Å². The summed E-state index contributed by atoms with van der Waals surface area (Å²) in [6, 6.07) is 15.1. The number of benzene rings is 1. The minimum Gasteiger partial charge on any atom is -0.356 e. The van der Waals surface area contributed by atoms with Crippen molar-refractivity contribution in [2.45, 2.75) is 19.3 Å². The lowest BCUT2D eigenvalue weighted by atomic mass is 10.1. The molecule has 1 aromatic heterocycles. The number of nitrogens with zero attached hydrogens (tertiary/aromatic N) is 2. The monoisotopic (exact) mass is 370 g/mol. The average Bonchev–Trinajstić information content (AvgIpc) is 3.35. The molecule has 0 amide bonds. The van der Waals surface area contributed by atoms with Crippen LogP contribution in [-0.2, 0) is 12.8 Å². The van der Waals surface area contributed by atoms with E-state index in [-0.39, 0.29) is 0 Å². The van der Waals surface area contributed by atoms with Crippen molar-refractivity contribution in [2.24, 2.45) is 10.9 Å². The Hall–Kier alpha value is -1.85. The molecule has 2 aromatic rings. The number of hydrogen-bond donors (Lipinski definition) is 2. The van der Waals surface area contributed by atoms with Gasteiger partial charge in [-0.15, -0.1) is 11.3 Å². The Bertz CT molecular complexity index is 654. The second-order valence-corrected chi connectivity index (χ2v) is 7.93. The molecule has 0 bridgehead atoms. The minimum atomic E-state index is 0.710. The van der Waals surface area contributed by atoms with Crippen molar-refractivity contribution >= 4 is 17.3 Å². The molecule has 1 unspecified atom stereocenters. The van der Waals surface area contributed by atoms with Gasteiger partial charge in [-0.2, -0.15) is 0 Å². The average molecular weight is 371 g/mol. The molecule has 1 aromatic carbocycles.